The maximum absolute atomic E-state index is 14.4. The summed E-state index contributed by atoms with van der Waals surface area (Å²) in [6.07, 6.45) is 10.3. The van der Waals surface area contributed by atoms with Gasteiger partial charge in [-0.2, -0.15) is 0 Å². The number of fused-ring (bicyclic) bond motifs is 7. The molecule has 5 fully saturated rings. The molecule has 6 aliphatic rings. The lowest BCUT2D eigenvalue weighted by Crippen LogP contribution is -2.66. The molecule has 4 saturated carbocycles. The summed E-state index contributed by atoms with van der Waals surface area (Å²) in [7, 11) is 1.43. The quantitative estimate of drug-likeness (QED) is 0.0877. The van der Waals surface area contributed by atoms with Gasteiger partial charge in [0.1, 0.15) is 18.3 Å². The molecule has 0 bridgehead atoms. The van der Waals surface area contributed by atoms with E-state index < -0.39 is 30.7 Å². The Labute approximate surface area is 313 Å². The van der Waals surface area contributed by atoms with Crippen LogP contribution in [0.2, 0.25) is 0 Å². The molecule has 1 amide bonds. The standard InChI is InChI=1S/C43H71NO8/c1-26-33(46)34(47)35(48)36(51-26)52-31-17-18-40(6)29(39(31,4)5)16-19-42(8)30(40)15-14-27-28-25-38(2,3)20-22-43(28,23-21-41(27,42)7)37(49)44-24-12-10-11-13-32(45)50-9/h14,26,28-31,33-36,46-48H,10-13,15-25H2,1-9H3,(H,44,49)/t26-,28-,29-,30+,31-,33+,34+,35-,36+,40-,41+,42+,43-/m0/s1. The van der Waals surface area contributed by atoms with Gasteiger partial charge in [0, 0.05) is 13.0 Å². The van der Waals surface area contributed by atoms with Crippen molar-refractivity contribution in [1.82, 2.24) is 5.32 Å². The highest BCUT2D eigenvalue weighted by molar-refractivity contribution is 5.84. The van der Waals surface area contributed by atoms with Gasteiger partial charge in [0.25, 0.3) is 0 Å². The third kappa shape index (κ3) is 6.42. The molecule has 1 saturated heterocycles. The van der Waals surface area contributed by atoms with E-state index in [0.29, 0.717) is 24.8 Å². The lowest BCUT2D eigenvalue weighted by molar-refractivity contribution is -0.324. The zero-order valence-corrected chi connectivity index (χ0v) is 33.8. The number of aliphatic hydroxyl groups is 3. The fourth-order valence-electron chi connectivity index (χ4n) is 13.2. The molecule has 0 aromatic carbocycles. The lowest BCUT2D eigenvalue weighted by atomic mass is 9.33. The Morgan fingerprint density at radius 1 is 0.865 bits per heavy atom. The van der Waals surface area contributed by atoms with Gasteiger partial charge in [0.15, 0.2) is 6.29 Å². The summed E-state index contributed by atoms with van der Waals surface area (Å²) in [4.78, 5) is 25.9. The minimum absolute atomic E-state index is 0.0182. The Balaban J connectivity index is 1.22. The second kappa shape index (κ2) is 14.2. The molecular formula is C43H71NO8. The van der Waals surface area contributed by atoms with Crippen molar-refractivity contribution in [2.45, 2.75) is 182 Å². The number of carbonyl (C=O) groups is 2. The summed E-state index contributed by atoms with van der Waals surface area (Å²) in [5, 5.41) is 34.9. The predicted molar refractivity (Wildman–Crippen MR) is 200 cm³/mol. The summed E-state index contributed by atoms with van der Waals surface area (Å²) < 4.78 is 17.3. The average molecular weight is 730 g/mol. The van der Waals surface area contributed by atoms with Crippen LogP contribution in [0.5, 0.6) is 0 Å². The van der Waals surface area contributed by atoms with Crippen LogP contribution >= 0.6 is 0 Å². The normalized spacial score (nSPS) is 46.4. The van der Waals surface area contributed by atoms with E-state index in [9.17, 15) is 24.9 Å². The largest absolute Gasteiger partial charge is 0.469 e. The Hall–Kier alpha value is -1.52. The highest BCUT2D eigenvalue weighted by Crippen LogP contribution is 2.76. The van der Waals surface area contributed by atoms with Crippen molar-refractivity contribution in [3.8, 4) is 0 Å². The zero-order valence-electron chi connectivity index (χ0n) is 33.8. The molecule has 0 aromatic heterocycles. The number of methoxy groups -OCH3 is 1. The van der Waals surface area contributed by atoms with Crippen LogP contribution < -0.4 is 5.32 Å². The molecule has 0 unspecified atom stereocenters. The van der Waals surface area contributed by atoms with E-state index in [0.717, 1.165) is 83.5 Å². The van der Waals surface area contributed by atoms with Gasteiger partial charge in [0.05, 0.1) is 24.7 Å². The summed E-state index contributed by atoms with van der Waals surface area (Å²) >= 11 is 0. The molecule has 0 radical (unpaired) electrons. The topological polar surface area (TPSA) is 135 Å². The van der Waals surface area contributed by atoms with E-state index in [1.54, 1.807) is 12.5 Å². The first kappa shape index (κ1) is 40.2. The molecule has 5 aliphatic carbocycles. The number of rotatable bonds is 9. The van der Waals surface area contributed by atoms with E-state index in [4.69, 9.17) is 14.2 Å². The summed E-state index contributed by atoms with van der Waals surface area (Å²) in [5.74, 6) is 1.24. The molecule has 9 nitrogen and oxygen atoms in total. The Bertz CT molecular complexity index is 1380. The Kier molecular flexibility index (Phi) is 11.0. The number of carbonyl (C=O) groups excluding carboxylic acids is 2. The highest BCUT2D eigenvalue weighted by Gasteiger charge is 2.69. The van der Waals surface area contributed by atoms with Gasteiger partial charge >= 0.3 is 5.97 Å². The van der Waals surface area contributed by atoms with E-state index in [1.807, 2.05) is 0 Å². The minimum atomic E-state index is -1.30. The van der Waals surface area contributed by atoms with Crippen LogP contribution in [-0.4, -0.2) is 77.7 Å². The van der Waals surface area contributed by atoms with Crippen molar-refractivity contribution in [2.75, 3.05) is 13.7 Å². The molecule has 1 aliphatic heterocycles. The molecule has 4 N–H and O–H groups in total. The van der Waals surface area contributed by atoms with Crippen LogP contribution in [0.3, 0.4) is 0 Å². The van der Waals surface area contributed by atoms with Crippen LogP contribution in [0.4, 0.5) is 0 Å². The summed E-state index contributed by atoms with van der Waals surface area (Å²) in [5.41, 5.74) is 1.43. The Morgan fingerprint density at radius 2 is 1.58 bits per heavy atom. The second-order valence-corrected chi connectivity index (χ2v) is 20.2. The number of hydrogen-bond acceptors (Lipinski definition) is 8. The maximum atomic E-state index is 14.4. The first-order valence-corrected chi connectivity index (χ1v) is 20.7. The molecular weight excluding hydrogens is 658 g/mol. The fourth-order valence-corrected chi connectivity index (χ4v) is 13.2. The maximum Gasteiger partial charge on any atom is 0.305 e. The number of amides is 1. The molecule has 1 heterocycles. The second-order valence-electron chi connectivity index (χ2n) is 20.2. The van der Waals surface area contributed by atoms with Crippen molar-refractivity contribution >= 4 is 11.9 Å². The van der Waals surface area contributed by atoms with Crippen LogP contribution in [0.25, 0.3) is 0 Å². The number of hydrogen-bond donors (Lipinski definition) is 4. The van der Waals surface area contributed by atoms with E-state index in [-0.39, 0.29) is 56.4 Å². The molecule has 296 valence electrons. The van der Waals surface area contributed by atoms with Gasteiger partial charge in [-0.05, 0) is 129 Å². The molecule has 0 spiro atoms. The number of esters is 1. The molecule has 6 rings (SSSR count). The summed E-state index contributed by atoms with van der Waals surface area (Å²) in [6.45, 7) is 19.5. The number of ether oxygens (including phenoxy) is 3. The average Bonchev–Trinajstić information content (AvgIpc) is 3.08. The van der Waals surface area contributed by atoms with Gasteiger partial charge in [-0.1, -0.05) is 66.5 Å². The van der Waals surface area contributed by atoms with Gasteiger partial charge in [-0.25, -0.2) is 0 Å². The molecule has 52 heavy (non-hydrogen) atoms. The first-order valence-electron chi connectivity index (χ1n) is 20.7. The van der Waals surface area contributed by atoms with E-state index in [2.05, 4.69) is 59.9 Å². The van der Waals surface area contributed by atoms with E-state index >= 15 is 0 Å². The summed E-state index contributed by atoms with van der Waals surface area (Å²) in [6, 6.07) is 0. The number of allylic oxidation sites excluding steroid dienone is 2. The highest BCUT2D eigenvalue weighted by atomic mass is 16.7. The number of aliphatic hydroxyl groups excluding tert-OH is 3. The van der Waals surface area contributed by atoms with Crippen molar-refractivity contribution in [3.63, 3.8) is 0 Å². The smallest absolute Gasteiger partial charge is 0.305 e. The third-order valence-electron chi connectivity index (χ3n) is 16.7. The fraction of sp³-hybridized carbons (Fsp3) is 0.907. The van der Waals surface area contributed by atoms with Crippen molar-refractivity contribution < 1.29 is 39.1 Å². The lowest BCUT2D eigenvalue weighted by Gasteiger charge is -2.71. The predicted octanol–water partition coefficient (Wildman–Crippen LogP) is 6.85. The molecule has 13 atom stereocenters. The van der Waals surface area contributed by atoms with Gasteiger partial charge < -0.3 is 34.8 Å². The first-order chi connectivity index (χ1) is 24.3. The van der Waals surface area contributed by atoms with Gasteiger partial charge in [-0.15, -0.1) is 0 Å². The molecule has 0 aromatic rings. The van der Waals surface area contributed by atoms with Gasteiger partial charge in [-0.3, -0.25) is 9.59 Å². The van der Waals surface area contributed by atoms with Crippen molar-refractivity contribution in [3.05, 3.63) is 11.6 Å². The number of nitrogens with one attached hydrogen (secondary N) is 1. The SMILES string of the molecule is COC(=O)CCCCCNC(=O)[C@]12CCC(C)(C)C[C@H]1C1=CC[C@@H]3[C@@]4(C)CC[C@H](O[C@H]5O[C@@H](C)[C@@H](O)[C@@H](O)[C@@H]5O)C(C)(C)[C@@H]4CC[C@@]3(C)[C@]1(C)CC2. The van der Waals surface area contributed by atoms with Crippen LogP contribution in [-0.2, 0) is 23.8 Å². The van der Waals surface area contributed by atoms with Gasteiger partial charge in [0.2, 0.25) is 5.91 Å². The van der Waals surface area contributed by atoms with Crippen molar-refractivity contribution in [2.24, 2.45) is 50.2 Å². The molecule has 9 heteroatoms. The van der Waals surface area contributed by atoms with Crippen LogP contribution in [0, 0.1) is 50.2 Å². The zero-order chi connectivity index (χ0) is 38.1. The van der Waals surface area contributed by atoms with E-state index in [1.165, 1.54) is 7.11 Å². The van der Waals surface area contributed by atoms with Crippen LogP contribution in [0.15, 0.2) is 11.6 Å². The number of unbranched alkanes of at least 4 members (excludes halogenated alkanes) is 2. The Morgan fingerprint density at radius 3 is 2.29 bits per heavy atom. The third-order valence-corrected chi connectivity index (χ3v) is 16.7. The minimum Gasteiger partial charge on any atom is -0.469 e. The van der Waals surface area contributed by atoms with Crippen LogP contribution in [0.1, 0.15) is 145 Å². The monoisotopic (exact) mass is 730 g/mol. The van der Waals surface area contributed by atoms with Crippen molar-refractivity contribution in [1.29, 1.82) is 0 Å².